The predicted molar refractivity (Wildman–Crippen MR) is 74.3 cm³/mol. The molecule has 2 aromatic heterocycles. The molecule has 0 amide bonds. The number of anilines is 1. The number of tetrazole rings is 1. The highest BCUT2D eigenvalue weighted by molar-refractivity contribution is 5.62. The Balaban J connectivity index is 1.92. The molecule has 0 unspecified atom stereocenters. The van der Waals surface area contributed by atoms with Crippen molar-refractivity contribution in [1.29, 1.82) is 0 Å². The van der Waals surface area contributed by atoms with Crippen LogP contribution in [0.4, 0.5) is 5.82 Å². The maximum Gasteiger partial charge on any atom is 0.148 e. The van der Waals surface area contributed by atoms with E-state index in [0.29, 0.717) is 0 Å². The zero-order valence-electron chi connectivity index (χ0n) is 10.9. The zero-order chi connectivity index (χ0) is 13.8. The molecule has 0 spiro atoms. The smallest absolute Gasteiger partial charge is 0.148 e. The Morgan fingerprint density at radius 1 is 1.15 bits per heavy atom. The van der Waals surface area contributed by atoms with Crippen LogP contribution in [-0.4, -0.2) is 36.9 Å². The van der Waals surface area contributed by atoms with E-state index < -0.39 is 0 Å². The molecule has 20 heavy (non-hydrogen) atoms. The summed E-state index contributed by atoms with van der Waals surface area (Å²) in [6.45, 7) is 2.84. The zero-order valence-corrected chi connectivity index (χ0v) is 10.9. The molecule has 0 bridgehead atoms. The molecule has 1 N–H and O–H groups in total. The Kier molecular flexibility index (Phi) is 3.32. The van der Waals surface area contributed by atoms with Crippen LogP contribution in [0.1, 0.15) is 6.92 Å². The standard InChI is InChI=1S/C13H13N7/c1-2-14-13-7-6-12(16-17-13)10-4-3-5-11(8-10)20-9-15-18-19-20/h3-9H,2H2,1H3,(H,14,17). The molecule has 100 valence electrons. The number of nitrogens with one attached hydrogen (secondary N) is 1. The topological polar surface area (TPSA) is 81.4 Å². The highest BCUT2D eigenvalue weighted by Crippen LogP contribution is 2.19. The SMILES string of the molecule is CCNc1ccc(-c2cccc(-n3cnnn3)c2)nn1. The number of rotatable bonds is 4. The van der Waals surface area contributed by atoms with Gasteiger partial charge in [0.15, 0.2) is 0 Å². The molecule has 0 aliphatic carbocycles. The summed E-state index contributed by atoms with van der Waals surface area (Å²) in [5, 5.41) is 22.6. The van der Waals surface area contributed by atoms with Crippen LogP contribution in [0.5, 0.6) is 0 Å². The van der Waals surface area contributed by atoms with E-state index in [1.165, 1.54) is 0 Å². The Labute approximate surface area is 115 Å². The lowest BCUT2D eigenvalue weighted by Crippen LogP contribution is -2.01. The summed E-state index contributed by atoms with van der Waals surface area (Å²) in [7, 11) is 0. The molecule has 7 heteroatoms. The molecule has 3 rings (SSSR count). The Morgan fingerprint density at radius 2 is 2.10 bits per heavy atom. The third-order valence-electron chi connectivity index (χ3n) is 2.78. The Morgan fingerprint density at radius 3 is 2.80 bits per heavy atom. The van der Waals surface area contributed by atoms with Crippen molar-refractivity contribution in [2.75, 3.05) is 11.9 Å². The van der Waals surface area contributed by atoms with E-state index in [0.717, 1.165) is 29.3 Å². The monoisotopic (exact) mass is 267 g/mol. The van der Waals surface area contributed by atoms with Gasteiger partial charge in [0.05, 0.1) is 11.4 Å². The van der Waals surface area contributed by atoms with Crippen LogP contribution in [0.2, 0.25) is 0 Å². The summed E-state index contributed by atoms with van der Waals surface area (Å²) >= 11 is 0. The molecule has 0 aliphatic heterocycles. The van der Waals surface area contributed by atoms with Gasteiger partial charge in [-0.25, -0.2) is 4.68 Å². The minimum atomic E-state index is 0.771. The third kappa shape index (κ3) is 2.46. The Bertz CT molecular complexity index is 676. The summed E-state index contributed by atoms with van der Waals surface area (Å²) in [6.07, 6.45) is 1.55. The van der Waals surface area contributed by atoms with Gasteiger partial charge >= 0.3 is 0 Å². The molecule has 3 aromatic rings. The first-order chi connectivity index (χ1) is 9.86. The second kappa shape index (κ2) is 5.43. The van der Waals surface area contributed by atoms with Gasteiger partial charge in [-0.1, -0.05) is 12.1 Å². The number of hydrogen-bond acceptors (Lipinski definition) is 6. The van der Waals surface area contributed by atoms with Crippen molar-refractivity contribution in [3.63, 3.8) is 0 Å². The first-order valence-corrected chi connectivity index (χ1v) is 6.28. The van der Waals surface area contributed by atoms with Crippen LogP contribution in [0.3, 0.4) is 0 Å². The van der Waals surface area contributed by atoms with E-state index in [9.17, 15) is 0 Å². The summed E-state index contributed by atoms with van der Waals surface area (Å²) in [4.78, 5) is 0. The maximum absolute atomic E-state index is 4.22. The lowest BCUT2D eigenvalue weighted by atomic mass is 10.1. The van der Waals surface area contributed by atoms with Gasteiger partial charge in [-0.3, -0.25) is 0 Å². The molecule has 2 heterocycles. The van der Waals surface area contributed by atoms with Crippen LogP contribution < -0.4 is 5.32 Å². The molecule has 0 radical (unpaired) electrons. The van der Waals surface area contributed by atoms with E-state index in [1.54, 1.807) is 11.0 Å². The number of aromatic nitrogens is 6. The molecule has 0 saturated heterocycles. The van der Waals surface area contributed by atoms with Crippen LogP contribution in [0.15, 0.2) is 42.7 Å². The van der Waals surface area contributed by atoms with Crippen molar-refractivity contribution < 1.29 is 0 Å². The van der Waals surface area contributed by atoms with Gasteiger partial charge in [0.1, 0.15) is 12.1 Å². The van der Waals surface area contributed by atoms with Gasteiger partial charge in [0.2, 0.25) is 0 Å². The first kappa shape index (κ1) is 12.2. The van der Waals surface area contributed by atoms with Crippen molar-refractivity contribution in [3.05, 3.63) is 42.7 Å². The minimum Gasteiger partial charge on any atom is -0.369 e. The molecule has 7 nitrogen and oxygen atoms in total. The molecule has 0 aliphatic rings. The normalized spacial score (nSPS) is 10.4. The highest BCUT2D eigenvalue weighted by atomic mass is 15.5. The number of hydrogen-bond donors (Lipinski definition) is 1. The second-order valence-corrected chi connectivity index (χ2v) is 4.14. The molecule has 0 saturated carbocycles. The minimum absolute atomic E-state index is 0.771. The summed E-state index contributed by atoms with van der Waals surface area (Å²) in [5.74, 6) is 0.771. The molecule has 0 atom stereocenters. The lowest BCUT2D eigenvalue weighted by Gasteiger charge is -2.05. The molecule has 0 fully saturated rings. The third-order valence-corrected chi connectivity index (χ3v) is 2.78. The summed E-state index contributed by atoms with van der Waals surface area (Å²) in [6, 6.07) is 11.7. The quantitative estimate of drug-likeness (QED) is 0.772. The van der Waals surface area contributed by atoms with Crippen molar-refractivity contribution in [2.45, 2.75) is 6.92 Å². The molecular formula is C13H13N7. The van der Waals surface area contributed by atoms with Gasteiger partial charge in [0, 0.05) is 12.1 Å². The lowest BCUT2D eigenvalue weighted by molar-refractivity contribution is 0.789. The van der Waals surface area contributed by atoms with Gasteiger partial charge in [-0.05, 0) is 41.6 Å². The van der Waals surface area contributed by atoms with Gasteiger partial charge in [-0.15, -0.1) is 15.3 Å². The van der Waals surface area contributed by atoms with Gasteiger partial charge in [-0.2, -0.15) is 0 Å². The summed E-state index contributed by atoms with van der Waals surface area (Å²) < 4.78 is 1.60. The number of nitrogens with zero attached hydrogens (tertiary/aromatic N) is 6. The average molecular weight is 267 g/mol. The van der Waals surface area contributed by atoms with Crippen LogP contribution in [0.25, 0.3) is 16.9 Å². The van der Waals surface area contributed by atoms with Gasteiger partial charge in [0.25, 0.3) is 0 Å². The van der Waals surface area contributed by atoms with E-state index in [1.807, 2.05) is 43.3 Å². The van der Waals surface area contributed by atoms with Crippen molar-refractivity contribution in [2.24, 2.45) is 0 Å². The van der Waals surface area contributed by atoms with Crippen LogP contribution >= 0.6 is 0 Å². The molecular weight excluding hydrogens is 254 g/mol. The van der Waals surface area contributed by atoms with Crippen molar-refractivity contribution >= 4 is 5.82 Å². The maximum atomic E-state index is 4.22. The van der Waals surface area contributed by atoms with Gasteiger partial charge < -0.3 is 5.32 Å². The fraction of sp³-hybridized carbons (Fsp3) is 0.154. The average Bonchev–Trinajstić information content (AvgIpc) is 3.03. The first-order valence-electron chi connectivity index (χ1n) is 6.28. The second-order valence-electron chi connectivity index (χ2n) is 4.14. The Hall–Kier alpha value is -2.83. The van der Waals surface area contributed by atoms with Crippen LogP contribution in [-0.2, 0) is 0 Å². The molecule has 1 aromatic carbocycles. The van der Waals surface area contributed by atoms with E-state index >= 15 is 0 Å². The van der Waals surface area contributed by atoms with E-state index in [2.05, 4.69) is 31.0 Å². The summed E-state index contributed by atoms with van der Waals surface area (Å²) in [5.41, 5.74) is 2.65. The van der Waals surface area contributed by atoms with Crippen molar-refractivity contribution in [3.8, 4) is 16.9 Å². The van der Waals surface area contributed by atoms with Crippen molar-refractivity contribution in [1.82, 2.24) is 30.4 Å². The van der Waals surface area contributed by atoms with Crippen LogP contribution in [0, 0.1) is 0 Å². The van der Waals surface area contributed by atoms with E-state index in [-0.39, 0.29) is 0 Å². The number of benzene rings is 1. The predicted octanol–water partition coefficient (Wildman–Crippen LogP) is 1.55. The largest absolute Gasteiger partial charge is 0.369 e. The fourth-order valence-electron chi connectivity index (χ4n) is 1.85. The van der Waals surface area contributed by atoms with E-state index in [4.69, 9.17) is 0 Å². The fourth-order valence-corrected chi connectivity index (χ4v) is 1.85. The highest BCUT2D eigenvalue weighted by Gasteiger charge is 2.04.